The lowest BCUT2D eigenvalue weighted by Gasteiger charge is -2.22. The summed E-state index contributed by atoms with van der Waals surface area (Å²) in [5.41, 5.74) is 4.56. The number of benzene rings is 1. The average molecular weight is 455 g/mol. The topological polar surface area (TPSA) is 75.2 Å². The van der Waals surface area contributed by atoms with Gasteiger partial charge in [0.05, 0.1) is 27.5 Å². The lowest BCUT2D eigenvalue weighted by atomic mass is 10.1. The Hall–Kier alpha value is -2.77. The summed E-state index contributed by atoms with van der Waals surface area (Å²) in [6, 6.07) is 9.14. The van der Waals surface area contributed by atoms with Gasteiger partial charge in [-0.15, -0.1) is 11.3 Å². The first-order chi connectivity index (χ1) is 15.0. The van der Waals surface area contributed by atoms with Crippen LogP contribution in [-0.4, -0.2) is 34.9 Å². The highest BCUT2D eigenvalue weighted by molar-refractivity contribution is 7.09. The van der Waals surface area contributed by atoms with E-state index in [2.05, 4.69) is 15.3 Å². The van der Waals surface area contributed by atoms with Crippen molar-refractivity contribution in [2.75, 3.05) is 18.0 Å². The van der Waals surface area contributed by atoms with Crippen LogP contribution in [0, 0.1) is 5.92 Å². The number of halogens is 1. The van der Waals surface area contributed by atoms with Crippen LogP contribution < -0.4 is 10.2 Å². The molecule has 31 heavy (non-hydrogen) atoms. The highest BCUT2D eigenvalue weighted by atomic mass is 35.5. The molecule has 0 saturated heterocycles. The van der Waals surface area contributed by atoms with Crippen molar-refractivity contribution in [1.82, 2.24) is 15.3 Å². The zero-order valence-corrected chi connectivity index (χ0v) is 18.7. The van der Waals surface area contributed by atoms with Crippen LogP contribution in [0.5, 0.6) is 0 Å². The van der Waals surface area contributed by atoms with Crippen LogP contribution in [0.3, 0.4) is 0 Å². The van der Waals surface area contributed by atoms with Gasteiger partial charge in [0.25, 0.3) is 5.91 Å². The van der Waals surface area contributed by atoms with Crippen LogP contribution in [-0.2, 0) is 11.2 Å². The minimum atomic E-state index is -0.158. The average Bonchev–Trinajstić information content (AvgIpc) is 3.44. The molecule has 0 bridgehead atoms. The standard InChI is InChI=1S/C23H23ClN4O2S/c1-15(29)28(13-16-2-3-16)22-7-5-17(10-20(22)24)21-6-4-18(11-27-21)23(30)26-9-8-19-12-25-14-31-19/h4-7,10-12,14,16H,2-3,8-9,13H2,1H3,(H,26,30). The van der Waals surface area contributed by atoms with Gasteiger partial charge in [-0.3, -0.25) is 19.6 Å². The molecule has 1 N–H and O–H groups in total. The molecule has 0 aliphatic heterocycles. The van der Waals surface area contributed by atoms with E-state index in [1.54, 1.807) is 47.0 Å². The van der Waals surface area contributed by atoms with E-state index in [0.717, 1.165) is 35.4 Å². The van der Waals surface area contributed by atoms with Crippen molar-refractivity contribution in [3.05, 3.63) is 63.7 Å². The number of nitrogens with zero attached hydrogens (tertiary/aromatic N) is 3. The van der Waals surface area contributed by atoms with Gasteiger partial charge >= 0.3 is 0 Å². The summed E-state index contributed by atoms with van der Waals surface area (Å²) in [4.78, 5) is 35.7. The predicted molar refractivity (Wildman–Crippen MR) is 124 cm³/mol. The van der Waals surface area contributed by atoms with Gasteiger partial charge in [-0.05, 0) is 43.0 Å². The monoisotopic (exact) mass is 454 g/mol. The SMILES string of the molecule is CC(=O)N(CC1CC1)c1ccc(-c2ccc(C(=O)NCCc3cncs3)cn2)cc1Cl. The molecular weight excluding hydrogens is 432 g/mol. The Morgan fingerprint density at radius 3 is 2.68 bits per heavy atom. The minimum Gasteiger partial charge on any atom is -0.352 e. The van der Waals surface area contributed by atoms with Crippen molar-refractivity contribution >= 4 is 40.4 Å². The van der Waals surface area contributed by atoms with Gasteiger partial charge in [0.1, 0.15) is 0 Å². The number of carbonyl (C=O) groups excluding carboxylic acids is 2. The summed E-state index contributed by atoms with van der Waals surface area (Å²) in [5.74, 6) is 0.404. The van der Waals surface area contributed by atoms with E-state index in [0.29, 0.717) is 35.3 Å². The molecule has 8 heteroatoms. The van der Waals surface area contributed by atoms with Crippen molar-refractivity contribution in [2.45, 2.75) is 26.2 Å². The third kappa shape index (κ3) is 5.48. The molecule has 2 amide bonds. The lowest BCUT2D eigenvalue weighted by molar-refractivity contribution is -0.116. The van der Waals surface area contributed by atoms with E-state index in [1.807, 2.05) is 24.4 Å². The summed E-state index contributed by atoms with van der Waals surface area (Å²) in [7, 11) is 0. The molecule has 1 saturated carbocycles. The van der Waals surface area contributed by atoms with Crippen molar-refractivity contribution in [2.24, 2.45) is 5.92 Å². The summed E-state index contributed by atoms with van der Waals surface area (Å²) >= 11 is 8.09. The van der Waals surface area contributed by atoms with E-state index in [-0.39, 0.29) is 11.8 Å². The fourth-order valence-corrected chi connectivity index (χ4v) is 4.19. The van der Waals surface area contributed by atoms with Crippen LogP contribution in [0.15, 0.2) is 48.2 Å². The Balaban J connectivity index is 1.41. The summed E-state index contributed by atoms with van der Waals surface area (Å²) < 4.78 is 0. The maximum Gasteiger partial charge on any atom is 0.252 e. The molecule has 160 valence electrons. The van der Waals surface area contributed by atoms with Gasteiger partial charge in [-0.2, -0.15) is 0 Å². The number of amides is 2. The number of hydrogen-bond donors (Lipinski definition) is 1. The first kappa shape index (κ1) is 21.5. The Labute approximate surface area is 190 Å². The smallest absolute Gasteiger partial charge is 0.252 e. The molecule has 0 atom stereocenters. The number of nitrogens with one attached hydrogen (secondary N) is 1. The molecular formula is C23H23ClN4O2S. The number of pyridine rings is 1. The molecule has 1 aliphatic rings. The summed E-state index contributed by atoms with van der Waals surface area (Å²) in [6.07, 6.45) is 6.45. The van der Waals surface area contributed by atoms with Gasteiger partial charge < -0.3 is 10.2 Å². The molecule has 0 radical (unpaired) electrons. The number of hydrogen-bond acceptors (Lipinski definition) is 5. The molecule has 2 heterocycles. The van der Waals surface area contributed by atoms with E-state index in [4.69, 9.17) is 11.6 Å². The van der Waals surface area contributed by atoms with Gasteiger partial charge in [0, 0.05) is 49.3 Å². The summed E-state index contributed by atoms with van der Waals surface area (Å²) in [5, 5.41) is 3.41. The number of anilines is 1. The van der Waals surface area contributed by atoms with Crippen LogP contribution >= 0.6 is 22.9 Å². The predicted octanol–water partition coefficient (Wildman–Crippen LogP) is 4.59. The zero-order valence-electron chi connectivity index (χ0n) is 17.2. The lowest BCUT2D eigenvalue weighted by Crippen LogP contribution is -2.30. The molecule has 2 aromatic heterocycles. The molecule has 1 aliphatic carbocycles. The van der Waals surface area contributed by atoms with Gasteiger partial charge in [-0.25, -0.2) is 0 Å². The Bertz CT molecular complexity index is 1070. The van der Waals surface area contributed by atoms with Crippen molar-refractivity contribution in [1.29, 1.82) is 0 Å². The quantitative estimate of drug-likeness (QED) is 0.540. The number of thiazole rings is 1. The Morgan fingerprint density at radius 1 is 1.23 bits per heavy atom. The summed E-state index contributed by atoms with van der Waals surface area (Å²) in [6.45, 7) is 2.82. The fourth-order valence-electron chi connectivity index (χ4n) is 3.31. The van der Waals surface area contributed by atoms with Gasteiger partial charge in [0.15, 0.2) is 0 Å². The van der Waals surface area contributed by atoms with Crippen LogP contribution in [0.1, 0.15) is 35.0 Å². The number of rotatable bonds is 8. The number of aromatic nitrogens is 2. The van der Waals surface area contributed by atoms with E-state index < -0.39 is 0 Å². The molecule has 3 aromatic rings. The van der Waals surface area contributed by atoms with Crippen LogP contribution in [0.4, 0.5) is 5.69 Å². The fraction of sp³-hybridized carbons (Fsp3) is 0.304. The third-order valence-corrected chi connectivity index (χ3v) is 6.36. The Morgan fingerprint density at radius 2 is 2.06 bits per heavy atom. The molecule has 0 spiro atoms. The maximum atomic E-state index is 12.3. The van der Waals surface area contributed by atoms with E-state index in [9.17, 15) is 9.59 Å². The molecule has 4 rings (SSSR count). The highest BCUT2D eigenvalue weighted by Gasteiger charge is 2.27. The minimum absolute atomic E-state index is 0.00891. The molecule has 1 fully saturated rings. The highest BCUT2D eigenvalue weighted by Crippen LogP contribution is 2.35. The second-order valence-corrected chi connectivity index (χ2v) is 9.02. The van der Waals surface area contributed by atoms with Gasteiger partial charge in [-0.1, -0.05) is 17.7 Å². The van der Waals surface area contributed by atoms with Crippen LogP contribution in [0.25, 0.3) is 11.3 Å². The normalized spacial score (nSPS) is 13.1. The first-order valence-corrected chi connectivity index (χ1v) is 11.5. The number of carbonyl (C=O) groups is 2. The van der Waals surface area contributed by atoms with Crippen molar-refractivity contribution < 1.29 is 9.59 Å². The molecule has 0 unspecified atom stereocenters. The molecule has 6 nitrogen and oxygen atoms in total. The molecule has 1 aromatic carbocycles. The Kier molecular flexibility index (Phi) is 6.63. The van der Waals surface area contributed by atoms with Gasteiger partial charge in [0.2, 0.25) is 5.91 Å². The second kappa shape index (κ2) is 9.58. The van der Waals surface area contributed by atoms with E-state index in [1.165, 1.54) is 0 Å². The third-order valence-electron chi connectivity index (χ3n) is 5.22. The first-order valence-electron chi connectivity index (χ1n) is 10.2. The van der Waals surface area contributed by atoms with Crippen molar-refractivity contribution in [3.8, 4) is 11.3 Å². The van der Waals surface area contributed by atoms with Crippen molar-refractivity contribution in [3.63, 3.8) is 0 Å². The van der Waals surface area contributed by atoms with E-state index >= 15 is 0 Å². The second-order valence-electron chi connectivity index (χ2n) is 7.64. The van der Waals surface area contributed by atoms with Crippen LogP contribution in [0.2, 0.25) is 5.02 Å². The zero-order chi connectivity index (χ0) is 21.8. The largest absolute Gasteiger partial charge is 0.352 e. The maximum absolute atomic E-state index is 12.3.